The minimum absolute atomic E-state index is 0.307. The molecule has 29 heavy (non-hydrogen) atoms. The number of halogens is 2. The summed E-state index contributed by atoms with van der Waals surface area (Å²) in [6.45, 7) is 0.352. The molecule has 0 amide bonds. The van der Waals surface area contributed by atoms with Crippen molar-refractivity contribution in [1.82, 2.24) is 0 Å². The van der Waals surface area contributed by atoms with Crippen molar-refractivity contribution in [1.29, 1.82) is 0 Å². The molecule has 0 spiro atoms. The molecule has 0 heterocycles. The summed E-state index contributed by atoms with van der Waals surface area (Å²) < 4.78 is 6.37. The Morgan fingerprint density at radius 1 is 0.793 bits per heavy atom. The van der Waals surface area contributed by atoms with Gasteiger partial charge in [0.15, 0.2) is 0 Å². The summed E-state index contributed by atoms with van der Waals surface area (Å²) in [6.07, 6.45) is 2.96. The van der Waals surface area contributed by atoms with Crippen LogP contribution < -0.4 is 0 Å². The number of hydrogen-bond donors (Lipinski definition) is 0. The van der Waals surface area contributed by atoms with Crippen LogP contribution in [0.2, 0.25) is 10.0 Å². The van der Waals surface area contributed by atoms with Crippen LogP contribution in [-0.2, 0) is 24.2 Å². The van der Waals surface area contributed by atoms with E-state index in [1.807, 2.05) is 42.5 Å². The zero-order chi connectivity index (χ0) is 20.4. The molecule has 3 aromatic carbocycles. The van der Waals surface area contributed by atoms with Gasteiger partial charge in [-0.15, -0.1) is 0 Å². The molecule has 0 N–H and O–H groups in total. The first kappa shape index (κ1) is 19.8. The maximum absolute atomic E-state index is 11.2. The summed E-state index contributed by atoms with van der Waals surface area (Å²) in [5, 5.41) is 0.990. The Labute approximate surface area is 179 Å². The molecule has 0 unspecified atom stereocenters. The Morgan fingerprint density at radius 2 is 1.38 bits per heavy atom. The molecule has 0 bridgehead atoms. The Balaban J connectivity index is 1.74. The second kappa shape index (κ2) is 8.50. The third-order valence-electron chi connectivity index (χ3n) is 5.24. The predicted octanol–water partition coefficient (Wildman–Crippen LogP) is 6.02. The van der Waals surface area contributed by atoms with Crippen LogP contribution in [0.25, 0.3) is 0 Å². The van der Waals surface area contributed by atoms with Gasteiger partial charge in [-0.3, -0.25) is 9.59 Å². The molecule has 0 saturated carbocycles. The van der Waals surface area contributed by atoms with E-state index in [4.69, 9.17) is 27.9 Å². The van der Waals surface area contributed by atoms with Gasteiger partial charge in [0.1, 0.15) is 18.7 Å². The lowest BCUT2D eigenvalue weighted by molar-refractivity contribution is 0.0663. The molecule has 0 radical (unpaired) electrons. The molecule has 5 heteroatoms. The molecular weight excluding hydrogens is 407 g/mol. The second-order valence-electron chi connectivity index (χ2n) is 7.09. The van der Waals surface area contributed by atoms with E-state index in [1.54, 1.807) is 12.1 Å². The largest absolute Gasteiger partial charge is 0.364 e. The first-order chi connectivity index (χ1) is 14.1. The average molecular weight is 425 g/mol. The van der Waals surface area contributed by atoms with Gasteiger partial charge in [0.2, 0.25) is 0 Å². The number of carbonyl (C=O) groups is 2. The molecule has 0 aliphatic heterocycles. The molecule has 0 aromatic heterocycles. The van der Waals surface area contributed by atoms with Gasteiger partial charge in [-0.2, -0.15) is 0 Å². The lowest BCUT2D eigenvalue weighted by Crippen LogP contribution is -2.09. The number of ether oxygens (including phenoxy) is 1. The van der Waals surface area contributed by atoms with Crippen molar-refractivity contribution in [3.8, 4) is 0 Å². The number of fused-ring (bicyclic) bond motifs is 2. The van der Waals surface area contributed by atoms with Crippen molar-refractivity contribution in [2.45, 2.75) is 25.6 Å². The number of carbonyl (C=O) groups excluding carboxylic acids is 2. The van der Waals surface area contributed by atoms with E-state index in [0.717, 1.165) is 53.2 Å². The monoisotopic (exact) mass is 424 g/mol. The van der Waals surface area contributed by atoms with Gasteiger partial charge in [0.25, 0.3) is 0 Å². The van der Waals surface area contributed by atoms with E-state index in [0.29, 0.717) is 27.8 Å². The van der Waals surface area contributed by atoms with Gasteiger partial charge in [-0.05, 0) is 64.9 Å². The SMILES string of the molecule is O=Cc1ccc2c(c1)CCc1cc(C=O)ccc1C2OCc1ccc(Cl)c(Cl)c1. The Hall–Kier alpha value is -2.46. The van der Waals surface area contributed by atoms with Crippen LogP contribution >= 0.6 is 23.2 Å². The summed E-state index contributed by atoms with van der Waals surface area (Å²) in [6, 6.07) is 16.8. The Bertz CT molecular complexity index is 1030. The zero-order valence-corrected chi connectivity index (χ0v) is 17.0. The molecule has 3 aromatic rings. The van der Waals surface area contributed by atoms with Gasteiger partial charge in [-0.25, -0.2) is 0 Å². The normalized spacial score (nSPS) is 13.3. The molecule has 1 aliphatic rings. The quantitative estimate of drug-likeness (QED) is 0.470. The number of benzene rings is 3. The van der Waals surface area contributed by atoms with E-state index in [2.05, 4.69) is 0 Å². The maximum Gasteiger partial charge on any atom is 0.150 e. The van der Waals surface area contributed by atoms with E-state index >= 15 is 0 Å². The van der Waals surface area contributed by atoms with Crippen LogP contribution in [-0.4, -0.2) is 12.6 Å². The van der Waals surface area contributed by atoms with E-state index in [1.165, 1.54) is 0 Å². The van der Waals surface area contributed by atoms with Crippen molar-refractivity contribution < 1.29 is 14.3 Å². The van der Waals surface area contributed by atoms with Crippen molar-refractivity contribution in [3.63, 3.8) is 0 Å². The molecule has 0 saturated heterocycles. The fourth-order valence-corrected chi connectivity index (χ4v) is 4.09. The minimum Gasteiger partial charge on any atom is -0.364 e. The summed E-state index contributed by atoms with van der Waals surface area (Å²) >= 11 is 12.1. The summed E-state index contributed by atoms with van der Waals surface area (Å²) in [5.41, 5.74) is 6.44. The van der Waals surface area contributed by atoms with Gasteiger partial charge in [0, 0.05) is 11.1 Å². The first-order valence-corrected chi connectivity index (χ1v) is 10.1. The molecule has 146 valence electrons. The summed E-state index contributed by atoms with van der Waals surface area (Å²) in [7, 11) is 0. The van der Waals surface area contributed by atoms with Gasteiger partial charge >= 0.3 is 0 Å². The smallest absolute Gasteiger partial charge is 0.150 e. The second-order valence-corrected chi connectivity index (χ2v) is 7.91. The highest BCUT2D eigenvalue weighted by Gasteiger charge is 2.25. The fraction of sp³-hybridized carbons (Fsp3) is 0.167. The lowest BCUT2D eigenvalue weighted by Gasteiger charge is -2.22. The van der Waals surface area contributed by atoms with Crippen molar-refractivity contribution >= 4 is 35.8 Å². The van der Waals surface area contributed by atoms with E-state index < -0.39 is 0 Å². The van der Waals surface area contributed by atoms with E-state index in [-0.39, 0.29) is 6.10 Å². The third-order valence-corrected chi connectivity index (χ3v) is 5.97. The Kier molecular flexibility index (Phi) is 5.81. The average Bonchev–Trinajstić information content (AvgIpc) is 2.90. The van der Waals surface area contributed by atoms with Crippen molar-refractivity contribution in [2.24, 2.45) is 0 Å². The predicted molar refractivity (Wildman–Crippen MR) is 114 cm³/mol. The molecule has 0 fully saturated rings. The maximum atomic E-state index is 11.2. The summed E-state index contributed by atoms with van der Waals surface area (Å²) in [4.78, 5) is 22.5. The van der Waals surface area contributed by atoms with Gasteiger partial charge in [0.05, 0.1) is 16.7 Å². The highest BCUT2D eigenvalue weighted by Crippen LogP contribution is 2.37. The molecule has 0 atom stereocenters. The lowest BCUT2D eigenvalue weighted by atomic mass is 9.95. The van der Waals surface area contributed by atoms with Crippen LogP contribution in [0.5, 0.6) is 0 Å². The number of aldehydes is 2. The number of rotatable bonds is 5. The van der Waals surface area contributed by atoms with Crippen LogP contribution in [0.1, 0.15) is 54.6 Å². The van der Waals surface area contributed by atoms with Crippen LogP contribution in [0.3, 0.4) is 0 Å². The standard InChI is InChI=1S/C24H18Cl2O3/c25-22-8-3-17(11-23(22)26)14-29-24-20-6-1-15(12-27)9-18(20)4-5-19-10-16(13-28)2-7-21(19)24/h1-3,6-13,24H,4-5,14H2. The number of hydrogen-bond acceptors (Lipinski definition) is 3. The highest BCUT2D eigenvalue weighted by molar-refractivity contribution is 6.42. The number of aryl methyl sites for hydroxylation is 2. The minimum atomic E-state index is -0.307. The van der Waals surface area contributed by atoms with Crippen LogP contribution in [0, 0.1) is 0 Å². The van der Waals surface area contributed by atoms with Crippen molar-refractivity contribution in [3.05, 3.63) is 104 Å². The zero-order valence-electron chi connectivity index (χ0n) is 15.5. The molecular formula is C24H18Cl2O3. The molecule has 1 aliphatic carbocycles. The van der Waals surface area contributed by atoms with Crippen LogP contribution in [0.15, 0.2) is 54.6 Å². The summed E-state index contributed by atoms with van der Waals surface area (Å²) in [5.74, 6) is 0. The van der Waals surface area contributed by atoms with Crippen molar-refractivity contribution in [2.75, 3.05) is 0 Å². The molecule has 4 rings (SSSR count). The first-order valence-electron chi connectivity index (χ1n) is 9.30. The third kappa shape index (κ3) is 4.13. The van der Waals surface area contributed by atoms with Gasteiger partial charge < -0.3 is 4.74 Å². The molecule has 3 nitrogen and oxygen atoms in total. The van der Waals surface area contributed by atoms with Gasteiger partial charge in [-0.1, -0.05) is 53.5 Å². The fourth-order valence-electron chi connectivity index (χ4n) is 3.77. The van der Waals surface area contributed by atoms with E-state index in [9.17, 15) is 9.59 Å². The Morgan fingerprint density at radius 3 is 1.90 bits per heavy atom. The van der Waals surface area contributed by atoms with Crippen LogP contribution in [0.4, 0.5) is 0 Å². The highest BCUT2D eigenvalue weighted by atomic mass is 35.5. The topological polar surface area (TPSA) is 43.4 Å².